The van der Waals surface area contributed by atoms with Crippen LogP contribution < -0.4 is 9.47 Å². The fourth-order valence-electron chi connectivity index (χ4n) is 4.24. The van der Waals surface area contributed by atoms with Crippen molar-refractivity contribution in [3.05, 3.63) is 101 Å². The third kappa shape index (κ3) is 4.27. The zero-order valence-corrected chi connectivity index (χ0v) is 20.7. The molecule has 1 N–H and O–H groups in total. The molecule has 6 heteroatoms. The van der Waals surface area contributed by atoms with Gasteiger partial charge >= 0.3 is 0 Å². The number of nitrogens with zero attached hydrogens (tertiary/aromatic N) is 1. The topological polar surface area (TPSA) is 46.6 Å². The fourth-order valence-corrected chi connectivity index (χ4v) is 4.58. The van der Waals surface area contributed by atoms with E-state index >= 15 is 0 Å². The van der Waals surface area contributed by atoms with E-state index in [1.165, 1.54) is 0 Å². The first-order valence-electron chi connectivity index (χ1n) is 11.0. The monoisotopic (exact) mass is 500 g/mol. The summed E-state index contributed by atoms with van der Waals surface area (Å²) in [6, 6.07) is 27.7. The molecular formula is C29H22Cl2N2O2. The van der Waals surface area contributed by atoms with Crippen LogP contribution in [0.15, 0.2) is 89.9 Å². The average Bonchev–Trinajstić information content (AvgIpc) is 3.31. The van der Waals surface area contributed by atoms with Gasteiger partial charge in [-0.1, -0.05) is 89.9 Å². The van der Waals surface area contributed by atoms with E-state index < -0.39 is 0 Å². The van der Waals surface area contributed by atoms with Crippen LogP contribution in [0.1, 0.15) is 5.56 Å². The molecule has 0 spiro atoms. The number of ether oxygens (including phenoxy) is 2. The number of halogens is 2. The van der Waals surface area contributed by atoms with Crippen molar-refractivity contribution in [2.24, 2.45) is 4.99 Å². The third-order valence-electron chi connectivity index (χ3n) is 5.87. The Bertz CT molecular complexity index is 1530. The van der Waals surface area contributed by atoms with E-state index in [0.29, 0.717) is 27.2 Å². The molecule has 0 bridgehead atoms. The molecule has 5 rings (SSSR count). The van der Waals surface area contributed by atoms with Crippen LogP contribution in [0.25, 0.3) is 33.3 Å². The van der Waals surface area contributed by atoms with E-state index in [-0.39, 0.29) is 0 Å². The highest BCUT2D eigenvalue weighted by atomic mass is 35.5. The van der Waals surface area contributed by atoms with Crippen molar-refractivity contribution in [2.75, 3.05) is 14.2 Å². The number of nitrogens with one attached hydrogen (secondary N) is 1. The molecule has 5 aromatic rings. The molecule has 4 aromatic carbocycles. The smallest absolute Gasteiger partial charge is 0.133 e. The van der Waals surface area contributed by atoms with Crippen molar-refractivity contribution in [3.8, 4) is 33.9 Å². The molecule has 0 aliphatic heterocycles. The van der Waals surface area contributed by atoms with Gasteiger partial charge in [-0.05, 0) is 23.3 Å². The second-order valence-corrected chi connectivity index (χ2v) is 8.67. The summed E-state index contributed by atoms with van der Waals surface area (Å²) in [5, 5.41) is 1.79. The van der Waals surface area contributed by atoms with Crippen LogP contribution in [0, 0.1) is 0 Å². The van der Waals surface area contributed by atoms with Crippen molar-refractivity contribution in [2.45, 2.75) is 0 Å². The molecule has 1 heterocycles. The Morgan fingerprint density at radius 1 is 0.771 bits per heavy atom. The molecule has 4 nitrogen and oxygen atoms in total. The van der Waals surface area contributed by atoms with Crippen LogP contribution in [-0.4, -0.2) is 25.4 Å². The Morgan fingerprint density at radius 2 is 1.43 bits per heavy atom. The summed E-state index contributed by atoms with van der Waals surface area (Å²) in [4.78, 5) is 8.30. The van der Waals surface area contributed by atoms with E-state index in [4.69, 9.17) is 32.7 Å². The second kappa shape index (κ2) is 9.87. The normalized spacial score (nSPS) is 11.3. The summed E-state index contributed by atoms with van der Waals surface area (Å²) < 4.78 is 11.6. The van der Waals surface area contributed by atoms with Crippen LogP contribution in [0.2, 0.25) is 10.0 Å². The van der Waals surface area contributed by atoms with Crippen LogP contribution in [0.4, 0.5) is 5.69 Å². The van der Waals surface area contributed by atoms with Crippen LogP contribution in [0.5, 0.6) is 11.5 Å². The molecule has 35 heavy (non-hydrogen) atoms. The number of rotatable bonds is 6. The van der Waals surface area contributed by atoms with Crippen LogP contribution in [-0.2, 0) is 0 Å². The molecule has 174 valence electrons. The molecule has 0 aliphatic carbocycles. The molecule has 0 saturated heterocycles. The average molecular weight is 501 g/mol. The van der Waals surface area contributed by atoms with Gasteiger partial charge in [0.05, 0.1) is 52.1 Å². The molecule has 0 amide bonds. The second-order valence-electron chi connectivity index (χ2n) is 7.88. The van der Waals surface area contributed by atoms with Crippen LogP contribution >= 0.6 is 23.2 Å². The number of hydrogen-bond donors (Lipinski definition) is 1. The molecule has 0 atom stereocenters. The lowest BCUT2D eigenvalue weighted by Crippen LogP contribution is -1.95. The zero-order valence-electron chi connectivity index (χ0n) is 19.2. The van der Waals surface area contributed by atoms with E-state index in [2.05, 4.69) is 34.2 Å². The Hall–Kier alpha value is -3.73. The number of fused-ring (bicyclic) bond motifs is 1. The number of aromatic amines is 1. The fraction of sp³-hybridized carbons (Fsp3) is 0.0690. The molecule has 0 radical (unpaired) electrons. The zero-order chi connectivity index (χ0) is 24.4. The summed E-state index contributed by atoms with van der Waals surface area (Å²) in [5.74, 6) is 1.32. The van der Waals surface area contributed by atoms with Gasteiger partial charge in [0.1, 0.15) is 11.5 Å². The van der Waals surface area contributed by atoms with Crippen LogP contribution in [0.3, 0.4) is 0 Å². The minimum atomic E-state index is 0.399. The Morgan fingerprint density at radius 3 is 2.09 bits per heavy atom. The minimum Gasteiger partial charge on any atom is -0.496 e. The van der Waals surface area contributed by atoms with E-state index in [1.54, 1.807) is 26.5 Å². The van der Waals surface area contributed by atoms with Crippen molar-refractivity contribution >= 4 is 46.0 Å². The van der Waals surface area contributed by atoms with Gasteiger partial charge in [0.25, 0.3) is 0 Å². The number of hydrogen-bond acceptors (Lipinski definition) is 3. The highest BCUT2D eigenvalue weighted by Crippen LogP contribution is 2.46. The summed E-state index contributed by atoms with van der Waals surface area (Å²) in [6.45, 7) is 0. The summed E-state index contributed by atoms with van der Waals surface area (Å²) in [7, 11) is 3.29. The first-order valence-corrected chi connectivity index (χ1v) is 11.8. The third-order valence-corrected chi connectivity index (χ3v) is 6.68. The largest absolute Gasteiger partial charge is 0.496 e. The highest BCUT2D eigenvalue weighted by Gasteiger charge is 2.23. The SMILES string of the molecule is COc1cc(OC)c2c(-c3ccccc3)c(-c3ccccc3)[nH]c2c1C=Nc1cccc(Cl)c1Cl. The first-order chi connectivity index (χ1) is 17.1. The Labute approximate surface area is 213 Å². The van der Waals surface area contributed by atoms with Crippen molar-refractivity contribution in [1.82, 2.24) is 4.98 Å². The Balaban J connectivity index is 1.84. The molecular weight excluding hydrogens is 479 g/mol. The number of aromatic nitrogens is 1. The molecule has 0 aliphatic rings. The minimum absolute atomic E-state index is 0.399. The lowest BCUT2D eigenvalue weighted by Gasteiger charge is -2.12. The first kappa shape index (κ1) is 23.0. The van der Waals surface area contributed by atoms with Gasteiger partial charge in [-0.15, -0.1) is 0 Å². The molecule has 0 saturated carbocycles. The standard InChI is InChI=1S/C29H22Cl2N2O2/c1-34-23-16-24(35-2)26-25(18-10-5-3-6-11-18)28(19-12-7-4-8-13-19)33-29(26)20(23)17-32-22-15-9-14-21(30)27(22)31/h3-17,33H,1-2H3. The van der Waals surface area contributed by atoms with Gasteiger partial charge in [-0.25, -0.2) is 0 Å². The van der Waals surface area contributed by atoms with Crippen molar-refractivity contribution in [3.63, 3.8) is 0 Å². The highest BCUT2D eigenvalue weighted by molar-refractivity contribution is 6.43. The quantitative estimate of drug-likeness (QED) is 0.237. The van der Waals surface area contributed by atoms with Gasteiger partial charge in [0.2, 0.25) is 0 Å². The van der Waals surface area contributed by atoms with Crippen molar-refractivity contribution < 1.29 is 9.47 Å². The number of benzene rings is 4. The van der Waals surface area contributed by atoms with E-state index in [1.807, 2.05) is 54.6 Å². The Kier molecular flexibility index (Phi) is 6.49. The lowest BCUT2D eigenvalue weighted by molar-refractivity contribution is 0.397. The maximum Gasteiger partial charge on any atom is 0.133 e. The molecule has 1 aromatic heterocycles. The predicted molar refractivity (Wildman–Crippen MR) is 146 cm³/mol. The molecule has 0 unspecified atom stereocenters. The van der Waals surface area contributed by atoms with E-state index in [9.17, 15) is 0 Å². The summed E-state index contributed by atoms with van der Waals surface area (Å²) in [6.07, 6.45) is 1.75. The predicted octanol–water partition coefficient (Wildman–Crippen LogP) is 8.58. The van der Waals surface area contributed by atoms with Gasteiger partial charge in [-0.2, -0.15) is 0 Å². The summed E-state index contributed by atoms with van der Waals surface area (Å²) in [5.41, 5.74) is 6.35. The number of methoxy groups -OCH3 is 2. The lowest BCUT2D eigenvalue weighted by atomic mass is 9.97. The van der Waals surface area contributed by atoms with E-state index in [0.717, 1.165) is 38.9 Å². The summed E-state index contributed by atoms with van der Waals surface area (Å²) >= 11 is 12.6. The van der Waals surface area contributed by atoms with Gasteiger partial charge < -0.3 is 14.5 Å². The maximum atomic E-state index is 6.38. The van der Waals surface area contributed by atoms with Crippen molar-refractivity contribution in [1.29, 1.82) is 0 Å². The van der Waals surface area contributed by atoms with Gasteiger partial charge in [0.15, 0.2) is 0 Å². The number of H-pyrrole nitrogens is 1. The molecule has 0 fully saturated rings. The van der Waals surface area contributed by atoms with Gasteiger partial charge in [0, 0.05) is 17.8 Å². The van der Waals surface area contributed by atoms with Gasteiger partial charge in [-0.3, -0.25) is 4.99 Å². The number of aliphatic imine (C=N–C) groups is 1. The maximum absolute atomic E-state index is 6.38.